The van der Waals surface area contributed by atoms with Gasteiger partial charge in [-0.15, -0.1) is 0 Å². The summed E-state index contributed by atoms with van der Waals surface area (Å²) in [4.78, 5) is 22.9. The molecular formula is C18H20N2O3. The molecule has 5 nitrogen and oxygen atoms in total. The monoisotopic (exact) mass is 312 g/mol. The van der Waals surface area contributed by atoms with Crippen molar-refractivity contribution in [2.24, 2.45) is 0 Å². The summed E-state index contributed by atoms with van der Waals surface area (Å²) in [6, 6.07) is 14.9. The van der Waals surface area contributed by atoms with Crippen LogP contribution in [0.1, 0.15) is 18.1 Å². The topological polar surface area (TPSA) is 67.4 Å². The second kappa shape index (κ2) is 7.98. The maximum atomic E-state index is 11.8. The van der Waals surface area contributed by atoms with E-state index >= 15 is 0 Å². The summed E-state index contributed by atoms with van der Waals surface area (Å²) >= 11 is 0. The summed E-state index contributed by atoms with van der Waals surface area (Å²) < 4.78 is 5.44. The van der Waals surface area contributed by atoms with Crippen molar-refractivity contribution in [2.45, 2.75) is 20.4 Å². The maximum absolute atomic E-state index is 11.8. The highest BCUT2D eigenvalue weighted by molar-refractivity contribution is 5.88. The maximum Gasteiger partial charge on any atom is 0.258 e. The third kappa shape index (κ3) is 5.82. The molecule has 2 aromatic rings. The van der Waals surface area contributed by atoms with E-state index in [1.165, 1.54) is 6.92 Å². The molecule has 2 amide bonds. The molecule has 0 aromatic heterocycles. The van der Waals surface area contributed by atoms with E-state index in [1.807, 2.05) is 49.4 Å². The van der Waals surface area contributed by atoms with Crippen LogP contribution in [0.25, 0.3) is 0 Å². The van der Waals surface area contributed by atoms with Crippen LogP contribution in [0.4, 0.5) is 5.69 Å². The Balaban J connectivity index is 1.81. The first-order valence-electron chi connectivity index (χ1n) is 7.35. The van der Waals surface area contributed by atoms with E-state index in [0.717, 1.165) is 11.1 Å². The molecule has 120 valence electrons. The first-order chi connectivity index (χ1) is 11.0. The second-order valence-corrected chi connectivity index (χ2v) is 5.26. The van der Waals surface area contributed by atoms with Crippen LogP contribution in [0.15, 0.2) is 48.5 Å². The lowest BCUT2D eigenvalue weighted by Crippen LogP contribution is -2.28. The van der Waals surface area contributed by atoms with E-state index in [4.69, 9.17) is 4.74 Å². The molecule has 0 fully saturated rings. The number of carbonyl (C=O) groups excluding carboxylic acids is 2. The van der Waals surface area contributed by atoms with Gasteiger partial charge in [0.15, 0.2) is 6.61 Å². The summed E-state index contributed by atoms with van der Waals surface area (Å²) in [6.07, 6.45) is 0. The van der Waals surface area contributed by atoms with Crippen LogP contribution in [0, 0.1) is 6.92 Å². The van der Waals surface area contributed by atoms with Gasteiger partial charge in [0.2, 0.25) is 5.91 Å². The summed E-state index contributed by atoms with van der Waals surface area (Å²) in [7, 11) is 0. The molecule has 0 atom stereocenters. The van der Waals surface area contributed by atoms with E-state index in [0.29, 0.717) is 18.0 Å². The molecule has 0 bridgehead atoms. The van der Waals surface area contributed by atoms with Crippen LogP contribution in [0.2, 0.25) is 0 Å². The van der Waals surface area contributed by atoms with E-state index in [-0.39, 0.29) is 18.4 Å². The van der Waals surface area contributed by atoms with Crippen molar-refractivity contribution in [1.29, 1.82) is 0 Å². The van der Waals surface area contributed by atoms with Crippen molar-refractivity contribution in [2.75, 3.05) is 11.9 Å². The Morgan fingerprint density at radius 3 is 2.61 bits per heavy atom. The summed E-state index contributed by atoms with van der Waals surface area (Å²) in [5.41, 5.74) is 2.69. The average Bonchev–Trinajstić information content (AvgIpc) is 2.51. The van der Waals surface area contributed by atoms with Gasteiger partial charge < -0.3 is 15.4 Å². The van der Waals surface area contributed by atoms with Crippen molar-refractivity contribution >= 4 is 17.5 Å². The van der Waals surface area contributed by atoms with Crippen molar-refractivity contribution in [1.82, 2.24) is 5.32 Å². The zero-order chi connectivity index (χ0) is 16.7. The van der Waals surface area contributed by atoms with E-state index in [9.17, 15) is 9.59 Å². The minimum atomic E-state index is -0.198. The van der Waals surface area contributed by atoms with Crippen molar-refractivity contribution in [3.63, 3.8) is 0 Å². The Hall–Kier alpha value is -2.82. The van der Waals surface area contributed by atoms with Gasteiger partial charge in [0.1, 0.15) is 5.75 Å². The quantitative estimate of drug-likeness (QED) is 0.861. The molecule has 0 unspecified atom stereocenters. The lowest BCUT2D eigenvalue weighted by Gasteiger charge is -2.09. The first kappa shape index (κ1) is 16.5. The predicted molar refractivity (Wildman–Crippen MR) is 89.3 cm³/mol. The number of anilines is 1. The lowest BCUT2D eigenvalue weighted by atomic mass is 10.2. The van der Waals surface area contributed by atoms with Crippen LogP contribution < -0.4 is 15.4 Å². The van der Waals surface area contributed by atoms with Gasteiger partial charge in [-0.3, -0.25) is 9.59 Å². The van der Waals surface area contributed by atoms with Gasteiger partial charge in [-0.1, -0.05) is 24.3 Å². The molecule has 2 aromatic carbocycles. The van der Waals surface area contributed by atoms with Gasteiger partial charge in [0.25, 0.3) is 5.91 Å². The molecule has 0 spiro atoms. The second-order valence-electron chi connectivity index (χ2n) is 5.26. The molecule has 0 saturated carbocycles. The smallest absolute Gasteiger partial charge is 0.258 e. The normalized spacial score (nSPS) is 10.0. The van der Waals surface area contributed by atoms with Crippen molar-refractivity contribution < 1.29 is 14.3 Å². The highest BCUT2D eigenvalue weighted by atomic mass is 16.5. The van der Waals surface area contributed by atoms with E-state index in [2.05, 4.69) is 10.6 Å². The molecule has 2 rings (SSSR count). The van der Waals surface area contributed by atoms with Crippen LogP contribution in [-0.2, 0) is 16.1 Å². The SMILES string of the molecule is CC(=O)Nc1cccc(CNC(=O)COc2cccc(C)c2)c1. The molecule has 5 heteroatoms. The van der Waals surface area contributed by atoms with Gasteiger partial charge in [-0.05, 0) is 42.3 Å². The Morgan fingerprint density at radius 1 is 1.09 bits per heavy atom. The number of amides is 2. The largest absolute Gasteiger partial charge is 0.484 e. The number of hydrogen-bond donors (Lipinski definition) is 2. The van der Waals surface area contributed by atoms with Crippen LogP contribution >= 0.6 is 0 Å². The van der Waals surface area contributed by atoms with Gasteiger partial charge in [0, 0.05) is 19.2 Å². The Kier molecular flexibility index (Phi) is 5.74. The Labute approximate surface area is 135 Å². The lowest BCUT2D eigenvalue weighted by molar-refractivity contribution is -0.123. The predicted octanol–water partition coefficient (Wildman–Crippen LogP) is 2.65. The average molecular weight is 312 g/mol. The standard InChI is InChI=1S/C18H20N2O3/c1-13-5-3-8-17(9-13)23-12-18(22)19-11-15-6-4-7-16(10-15)20-14(2)21/h3-10H,11-12H2,1-2H3,(H,19,22)(H,20,21). The molecule has 2 N–H and O–H groups in total. The molecule has 0 aliphatic rings. The number of ether oxygens (including phenoxy) is 1. The van der Waals surface area contributed by atoms with Crippen molar-refractivity contribution in [3.05, 3.63) is 59.7 Å². The molecular weight excluding hydrogens is 292 g/mol. The summed E-state index contributed by atoms with van der Waals surface area (Å²) in [6.45, 7) is 3.77. The molecule has 0 aliphatic heterocycles. The fraction of sp³-hybridized carbons (Fsp3) is 0.222. The number of nitrogens with one attached hydrogen (secondary N) is 2. The highest BCUT2D eigenvalue weighted by Gasteiger charge is 2.04. The van der Waals surface area contributed by atoms with Gasteiger partial charge in [-0.2, -0.15) is 0 Å². The Morgan fingerprint density at radius 2 is 1.87 bits per heavy atom. The fourth-order valence-electron chi connectivity index (χ4n) is 2.07. The van der Waals surface area contributed by atoms with E-state index in [1.54, 1.807) is 6.07 Å². The number of hydrogen-bond acceptors (Lipinski definition) is 3. The van der Waals surface area contributed by atoms with Crippen LogP contribution in [-0.4, -0.2) is 18.4 Å². The van der Waals surface area contributed by atoms with Gasteiger partial charge >= 0.3 is 0 Å². The molecule has 0 heterocycles. The minimum Gasteiger partial charge on any atom is -0.484 e. The van der Waals surface area contributed by atoms with E-state index < -0.39 is 0 Å². The zero-order valence-electron chi connectivity index (χ0n) is 13.3. The number of aryl methyl sites for hydroxylation is 1. The van der Waals surface area contributed by atoms with Crippen LogP contribution in [0.3, 0.4) is 0 Å². The number of rotatable bonds is 6. The van der Waals surface area contributed by atoms with Gasteiger partial charge in [-0.25, -0.2) is 0 Å². The number of benzene rings is 2. The third-order valence-corrected chi connectivity index (χ3v) is 3.10. The van der Waals surface area contributed by atoms with Crippen LogP contribution in [0.5, 0.6) is 5.75 Å². The Bertz CT molecular complexity index is 698. The molecule has 0 radical (unpaired) electrons. The molecule has 23 heavy (non-hydrogen) atoms. The number of carbonyl (C=O) groups is 2. The first-order valence-corrected chi connectivity index (χ1v) is 7.35. The van der Waals surface area contributed by atoms with Gasteiger partial charge in [0.05, 0.1) is 0 Å². The summed E-state index contributed by atoms with van der Waals surface area (Å²) in [5.74, 6) is 0.349. The van der Waals surface area contributed by atoms with Crippen molar-refractivity contribution in [3.8, 4) is 5.75 Å². The minimum absolute atomic E-state index is 0.0329. The molecule has 0 saturated heterocycles. The highest BCUT2D eigenvalue weighted by Crippen LogP contribution is 2.12. The molecule has 0 aliphatic carbocycles. The third-order valence-electron chi connectivity index (χ3n) is 3.10. The summed E-state index contributed by atoms with van der Waals surface area (Å²) in [5, 5.41) is 5.50. The zero-order valence-corrected chi connectivity index (χ0v) is 13.3. The fourth-order valence-corrected chi connectivity index (χ4v) is 2.07.